The highest BCUT2D eigenvalue weighted by Crippen LogP contribution is 2.16. The van der Waals surface area contributed by atoms with E-state index in [0.717, 1.165) is 17.8 Å². The van der Waals surface area contributed by atoms with Gasteiger partial charge in [-0.3, -0.25) is 4.79 Å². The maximum atomic E-state index is 11.5. The Labute approximate surface area is 121 Å². The van der Waals surface area contributed by atoms with Crippen molar-refractivity contribution in [1.29, 1.82) is 0 Å². The molecule has 4 heteroatoms. The summed E-state index contributed by atoms with van der Waals surface area (Å²) in [5.74, 6) is 0.0853. The van der Waals surface area contributed by atoms with Gasteiger partial charge in [0.1, 0.15) is 0 Å². The molecule has 0 aliphatic carbocycles. The Hall–Kier alpha value is -1.55. The van der Waals surface area contributed by atoms with E-state index in [4.69, 9.17) is 0 Å². The van der Waals surface area contributed by atoms with E-state index < -0.39 is 0 Å². The van der Waals surface area contributed by atoms with E-state index >= 15 is 0 Å². The molecule has 1 amide bonds. The van der Waals surface area contributed by atoms with E-state index in [-0.39, 0.29) is 5.91 Å². The maximum absolute atomic E-state index is 11.5. The number of carbonyl (C=O) groups excluding carboxylic acids is 1. The standard InChI is InChI=1S/C16H25N3O/c1-3-17-16(20)11-13-6-8-14(9-7-13)18-15-5-4-10-19(2)12-15/h6-9,15,18H,3-5,10-12H2,1-2H3,(H,17,20). The first-order valence-corrected chi connectivity index (χ1v) is 7.48. The van der Waals surface area contributed by atoms with Gasteiger partial charge < -0.3 is 15.5 Å². The van der Waals surface area contributed by atoms with Crippen molar-refractivity contribution in [2.24, 2.45) is 0 Å². The summed E-state index contributed by atoms with van der Waals surface area (Å²) in [6, 6.07) is 8.74. The molecule has 1 aromatic carbocycles. The van der Waals surface area contributed by atoms with Gasteiger partial charge in [-0.2, -0.15) is 0 Å². The monoisotopic (exact) mass is 275 g/mol. The van der Waals surface area contributed by atoms with Gasteiger partial charge in [0.05, 0.1) is 6.42 Å². The fourth-order valence-corrected chi connectivity index (χ4v) is 2.68. The zero-order valence-corrected chi connectivity index (χ0v) is 12.5. The second kappa shape index (κ2) is 7.29. The van der Waals surface area contributed by atoms with Crippen molar-refractivity contribution in [3.63, 3.8) is 0 Å². The van der Waals surface area contributed by atoms with E-state index in [2.05, 4.69) is 34.7 Å². The largest absolute Gasteiger partial charge is 0.381 e. The van der Waals surface area contributed by atoms with Gasteiger partial charge in [-0.1, -0.05) is 12.1 Å². The number of nitrogens with one attached hydrogen (secondary N) is 2. The minimum absolute atomic E-state index is 0.0853. The molecule has 1 aromatic rings. The number of anilines is 1. The number of benzene rings is 1. The van der Waals surface area contributed by atoms with Gasteiger partial charge >= 0.3 is 0 Å². The lowest BCUT2D eigenvalue weighted by Crippen LogP contribution is -2.39. The second-order valence-electron chi connectivity index (χ2n) is 5.57. The molecule has 1 saturated heterocycles. The molecule has 1 fully saturated rings. The first-order valence-electron chi connectivity index (χ1n) is 7.48. The number of hydrogen-bond donors (Lipinski definition) is 2. The Morgan fingerprint density at radius 2 is 2.10 bits per heavy atom. The number of amides is 1. The fraction of sp³-hybridized carbons (Fsp3) is 0.562. The van der Waals surface area contributed by atoms with Gasteiger partial charge in [0.25, 0.3) is 0 Å². The molecule has 2 rings (SSSR count). The average molecular weight is 275 g/mol. The summed E-state index contributed by atoms with van der Waals surface area (Å²) >= 11 is 0. The maximum Gasteiger partial charge on any atom is 0.224 e. The summed E-state index contributed by atoms with van der Waals surface area (Å²) in [7, 11) is 2.17. The molecule has 0 aromatic heterocycles. The first-order chi connectivity index (χ1) is 9.67. The third-order valence-corrected chi connectivity index (χ3v) is 3.69. The molecular formula is C16H25N3O. The van der Waals surface area contributed by atoms with Crippen molar-refractivity contribution in [1.82, 2.24) is 10.2 Å². The van der Waals surface area contributed by atoms with Crippen LogP contribution < -0.4 is 10.6 Å². The van der Waals surface area contributed by atoms with Crippen molar-refractivity contribution >= 4 is 11.6 Å². The highest BCUT2D eigenvalue weighted by atomic mass is 16.1. The fourth-order valence-electron chi connectivity index (χ4n) is 2.68. The number of hydrogen-bond acceptors (Lipinski definition) is 3. The van der Waals surface area contributed by atoms with Crippen LogP contribution >= 0.6 is 0 Å². The zero-order chi connectivity index (χ0) is 14.4. The van der Waals surface area contributed by atoms with E-state index in [9.17, 15) is 4.79 Å². The van der Waals surface area contributed by atoms with Crippen LogP contribution in [-0.2, 0) is 11.2 Å². The first kappa shape index (κ1) is 14.9. The van der Waals surface area contributed by atoms with Gasteiger partial charge in [0.15, 0.2) is 0 Å². The summed E-state index contributed by atoms with van der Waals surface area (Å²) < 4.78 is 0. The van der Waals surface area contributed by atoms with Crippen molar-refractivity contribution < 1.29 is 4.79 Å². The lowest BCUT2D eigenvalue weighted by atomic mass is 10.1. The van der Waals surface area contributed by atoms with Crippen LogP contribution in [0.3, 0.4) is 0 Å². The molecule has 0 bridgehead atoms. The number of likely N-dealkylation sites (N-methyl/N-ethyl adjacent to an activating group) is 2. The quantitative estimate of drug-likeness (QED) is 0.862. The van der Waals surface area contributed by atoms with Gasteiger partial charge in [0.2, 0.25) is 5.91 Å². The molecule has 110 valence electrons. The summed E-state index contributed by atoms with van der Waals surface area (Å²) in [5, 5.41) is 6.39. The van der Waals surface area contributed by atoms with Gasteiger partial charge in [-0.25, -0.2) is 0 Å². The molecular weight excluding hydrogens is 250 g/mol. The Balaban J connectivity index is 1.86. The zero-order valence-electron chi connectivity index (χ0n) is 12.5. The van der Waals surface area contributed by atoms with E-state index in [1.165, 1.54) is 19.4 Å². The summed E-state index contributed by atoms with van der Waals surface area (Å²) in [4.78, 5) is 13.9. The molecule has 1 atom stereocenters. The molecule has 0 spiro atoms. The highest BCUT2D eigenvalue weighted by molar-refractivity contribution is 5.78. The van der Waals surface area contributed by atoms with Crippen LogP contribution in [0.5, 0.6) is 0 Å². The van der Waals surface area contributed by atoms with Crippen molar-refractivity contribution in [2.75, 3.05) is 32.0 Å². The molecule has 1 aliphatic rings. The Morgan fingerprint density at radius 1 is 1.35 bits per heavy atom. The Bertz CT molecular complexity index is 430. The van der Waals surface area contributed by atoms with Crippen LogP contribution in [0.4, 0.5) is 5.69 Å². The number of piperidine rings is 1. The normalized spacial score (nSPS) is 19.6. The smallest absolute Gasteiger partial charge is 0.224 e. The molecule has 1 unspecified atom stereocenters. The molecule has 4 nitrogen and oxygen atoms in total. The molecule has 20 heavy (non-hydrogen) atoms. The Morgan fingerprint density at radius 3 is 2.75 bits per heavy atom. The molecule has 0 saturated carbocycles. The predicted octanol–water partition coefficient (Wildman–Crippen LogP) is 1.87. The second-order valence-corrected chi connectivity index (χ2v) is 5.57. The summed E-state index contributed by atoms with van der Waals surface area (Å²) in [6.45, 7) is 4.92. The molecule has 1 aliphatic heterocycles. The molecule has 0 radical (unpaired) electrons. The van der Waals surface area contributed by atoms with Crippen LogP contribution in [0.15, 0.2) is 24.3 Å². The van der Waals surface area contributed by atoms with Crippen molar-refractivity contribution in [3.05, 3.63) is 29.8 Å². The van der Waals surface area contributed by atoms with Crippen LogP contribution in [0, 0.1) is 0 Å². The highest BCUT2D eigenvalue weighted by Gasteiger charge is 2.16. The summed E-state index contributed by atoms with van der Waals surface area (Å²) in [6.07, 6.45) is 2.94. The summed E-state index contributed by atoms with van der Waals surface area (Å²) in [5.41, 5.74) is 2.20. The van der Waals surface area contributed by atoms with E-state index in [0.29, 0.717) is 19.0 Å². The van der Waals surface area contributed by atoms with Crippen LogP contribution in [0.25, 0.3) is 0 Å². The SMILES string of the molecule is CCNC(=O)Cc1ccc(NC2CCCN(C)C2)cc1. The lowest BCUT2D eigenvalue weighted by molar-refractivity contribution is -0.120. The average Bonchev–Trinajstić information content (AvgIpc) is 2.41. The number of nitrogens with zero attached hydrogens (tertiary/aromatic N) is 1. The van der Waals surface area contributed by atoms with Crippen molar-refractivity contribution in [3.8, 4) is 0 Å². The minimum Gasteiger partial charge on any atom is -0.381 e. The van der Waals surface area contributed by atoms with Crippen LogP contribution in [0.1, 0.15) is 25.3 Å². The third kappa shape index (κ3) is 4.53. The molecule has 1 heterocycles. The van der Waals surface area contributed by atoms with Crippen LogP contribution in [-0.4, -0.2) is 43.5 Å². The predicted molar refractivity (Wildman–Crippen MR) is 83.0 cm³/mol. The Kier molecular flexibility index (Phi) is 5.41. The molecule has 2 N–H and O–H groups in total. The third-order valence-electron chi connectivity index (χ3n) is 3.69. The number of likely N-dealkylation sites (tertiary alicyclic amines) is 1. The van der Waals surface area contributed by atoms with Gasteiger partial charge in [-0.05, 0) is 51.1 Å². The van der Waals surface area contributed by atoms with E-state index in [1.54, 1.807) is 0 Å². The topological polar surface area (TPSA) is 44.4 Å². The number of carbonyl (C=O) groups is 1. The van der Waals surface area contributed by atoms with Gasteiger partial charge in [-0.15, -0.1) is 0 Å². The van der Waals surface area contributed by atoms with Crippen molar-refractivity contribution in [2.45, 2.75) is 32.2 Å². The van der Waals surface area contributed by atoms with E-state index in [1.807, 2.05) is 19.1 Å². The lowest BCUT2D eigenvalue weighted by Gasteiger charge is -2.30. The number of rotatable bonds is 5. The van der Waals surface area contributed by atoms with Gasteiger partial charge in [0, 0.05) is 24.8 Å². The minimum atomic E-state index is 0.0853. The van der Waals surface area contributed by atoms with Crippen LogP contribution in [0.2, 0.25) is 0 Å².